The van der Waals surface area contributed by atoms with Crippen molar-refractivity contribution in [3.8, 4) is 0 Å². The first-order valence-corrected chi connectivity index (χ1v) is 55.6. The maximum Gasteiger partial charge on any atom is 0.188 e. The van der Waals surface area contributed by atoms with Crippen LogP contribution in [-0.4, -0.2) is 148 Å². The van der Waals surface area contributed by atoms with Crippen LogP contribution in [0.5, 0.6) is 0 Å². The fraction of sp³-hybridized carbons (Fsp3) is 0.965. The van der Waals surface area contributed by atoms with Crippen molar-refractivity contribution in [1.82, 2.24) is 20.9 Å². The zero-order chi connectivity index (χ0) is 104. The van der Waals surface area contributed by atoms with E-state index in [-0.39, 0.29) is 23.8 Å². The van der Waals surface area contributed by atoms with E-state index < -0.39 is 0 Å². The highest BCUT2D eigenvalue weighted by atomic mass is 16.5. The van der Waals surface area contributed by atoms with Crippen molar-refractivity contribution >= 4 is 23.8 Å². The van der Waals surface area contributed by atoms with Crippen LogP contribution >= 0.6 is 0 Å². The summed E-state index contributed by atoms with van der Waals surface area (Å²) in [5, 5.41) is 17.1. The Morgan fingerprint density at radius 1 is 0.316 bits per heavy atom. The van der Waals surface area contributed by atoms with Crippen molar-refractivity contribution in [3.63, 3.8) is 0 Å². The number of guanidine groups is 4. The van der Waals surface area contributed by atoms with E-state index in [9.17, 15) is 0 Å². The van der Waals surface area contributed by atoms with Crippen LogP contribution in [0.3, 0.4) is 0 Å². The quantitative estimate of drug-likeness (QED) is 0.0398. The number of likely N-dealkylation sites (tertiary alicyclic amines) is 1. The zero-order valence-corrected chi connectivity index (χ0v) is 96.0. The molecule has 10 aliphatic carbocycles. The molecule has 0 radical (unpaired) electrons. The SMILES string of the molecule is CC(C)(C)C1CC2(CNC2)C1.CC(C)(C)CC1CC(N)C1.CC(C)(C)CC1CC(N=C(N)N)C1.CC(C)(C)CCC1CC(N)C1.CC(C)(C)CCC1CC(N)C1.CC(C)(C)CCC1CC(N)C1.CC(C)(C)CCC1CC(N)C1.CC(C)(C)CCC1CN(C(=N)N)C1.CC(C)(C)CCCC1CNC1.CC(C)(C)COC1CNC1.CC1CC(N)C1.CC1CC(N=C(N)N)C1.CC1CC(N=C(N)N)C1. The zero-order valence-electron chi connectivity index (χ0n) is 96.0. The van der Waals surface area contributed by atoms with E-state index in [2.05, 4.69) is 259 Å². The van der Waals surface area contributed by atoms with Gasteiger partial charge in [-0.15, -0.1) is 0 Å². The smallest absolute Gasteiger partial charge is 0.188 e. The number of nitrogens with zero attached hydrogens (tertiary/aromatic N) is 4. The highest BCUT2D eigenvalue weighted by molar-refractivity contribution is 5.77. The third-order valence-electron chi connectivity index (χ3n) is 29.8. The third-order valence-corrected chi connectivity index (χ3v) is 29.8. The van der Waals surface area contributed by atoms with E-state index in [1.807, 2.05) is 4.90 Å². The summed E-state index contributed by atoms with van der Waals surface area (Å²) in [5.74, 6) is 11.8. The van der Waals surface area contributed by atoms with Gasteiger partial charge in [0.1, 0.15) is 0 Å². The van der Waals surface area contributed by atoms with E-state index in [0.29, 0.717) is 115 Å². The van der Waals surface area contributed by atoms with E-state index in [1.54, 1.807) is 0 Å². The molecular weight excluding hydrogens is 1680 g/mol. The Morgan fingerprint density at radius 2 is 0.588 bits per heavy atom. The third kappa shape index (κ3) is 66.6. The minimum absolute atomic E-state index is 0.229. The van der Waals surface area contributed by atoms with Gasteiger partial charge in [-0.2, -0.15) is 0 Å². The van der Waals surface area contributed by atoms with Gasteiger partial charge in [-0.1, -0.05) is 235 Å². The van der Waals surface area contributed by atoms with Crippen LogP contribution in [0.15, 0.2) is 15.0 Å². The molecule has 0 atom stereocenters. The molecule has 0 aromatic heterocycles. The maximum absolute atomic E-state index is 7.20. The number of aliphatic imine (C=N–C) groups is 3. The number of hydrogen-bond acceptors (Lipinski definition) is 14. The van der Waals surface area contributed by atoms with Gasteiger partial charge in [0.15, 0.2) is 23.8 Å². The molecular formula is C114H239N21O. The van der Waals surface area contributed by atoms with E-state index in [0.717, 1.165) is 148 Å². The lowest BCUT2D eigenvalue weighted by Gasteiger charge is -2.58. The molecule has 4 saturated heterocycles. The van der Waals surface area contributed by atoms with E-state index in [1.165, 1.54) is 212 Å². The predicted molar refractivity (Wildman–Crippen MR) is 596 cm³/mol. The summed E-state index contributed by atoms with van der Waals surface area (Å²) in [6, 6.07) is 4.42. The monoisotopic (exact) mass is 1920 g/mol. The fourth-order valence-electron chi connectivity index (χ4n) is 20.0. The lowest BCUT2D eigenvalue weighted by Crippen LogP contribution is -2.61. The Morgan fingerprint density at radius 3 is 0.787 bits per heavy atom. The standard InChI is InChI=1S/2C10H21N3.C10H19N.5C10H21N.C9H19N.C8H17NO.2C6H13N3.C5H11N/c1-10(2,3)6-7-4-8(5-7)13-9(11)12;1-10(2,3)5-4-8-6-13(7-8)9(11)12;1-9(2,3)8-4-10(5-8)6-11-7-10;4*1-10(2,3)5-4-8-6-9(11)7-8;1-10(2,3)6-4-5-9-7-11-8-9;1-9(2,3)6-7-4-8(10)5-7;1-8(2,3)6-10-7-4-9-5-7;2*1-4-2-5(3-4)9-6(7)8;1-4-2-5(6)3-4/h7-8H,4-6H2,1-3H3,(H4,11,12,13);8H,4-7H2,1-3H3,(H3,11,12);8,11H,4-7H2,1-3H3;4*8-9H,4-7,11H2,1-3H3;9,11H,4-8H2,1-3H3;7-8H,4-6,10H2,1-3H3;7,9H,4-6H2,1-3H3;2*4-5H,2-3H2,1H3,(H4,7,8,9);4-5H,2-3,6H2,1H3. The second kappa shape index (κ2) is 59.3. The van der Waals surface area contributed by atoms with Gasteiger partial charge in [-0.3, -0.25) is 20.4 Å². The molecule has 0 amide bonds. The first kappa shape index (κ1) is 129. The normalized spacial score (nSPS) is 29.0. The largest absolute Gasteiger partial charge is 0.375 e. The van der Waals surface area contributed by atoms with Gasteiger partial charge in [0, 0.05) is 75.5 Å². The fourth-order valence-corrected chi connectivity index (χ4v) is 20.0. The minimum Gasteiger partial charge on any atom is -0.375 e. The molecule has 22 nitrogen and oxygen atoms in total. The van der Waals surface area contributed by atoms with Crippen LogP contribution in [0.4, 0.5) is 0 Å². The van der Waals surface area contributed by atoms with Crippen LogP contribution in [0, 0.1) is 136 Å². The molecule has 806 valence electrons. The summed E-state index contributed by atoms with van der Waals surface area (Å²) in [5.41, 5.74) is 76.3. The molecule has 1 spiro atoms. The Hall–Kier alpha value is -3.32. The number of hydrogen-bond donors (Lipinski definition) is 17. The Kier molecular flexibility index (Phi) is 56.2. The van der Waals surface area contributed by atoms with Gasteiger partial charge in [0.2, 0.25) is 0 Å². The summed E-state index contributed by atoms with van der Waals surface area (Å²) in [6.07, 6.45) is 45.9. The van der Waals surface area contributed by atoms with Crippen LogP contribution in [0.1, 0.15) is 453 Å². The summed E-state index contributed by atoms with van der Waals surface area (Å²) in [4.78, 5) is 14.1. The lowest BCUT2D eigenvalue weighted by molar-refractivity contribution is -0.0503. The van der Waals surface area contributed by atoms with Crippen molar-refractivity contribution in [2.24, 2.45) is 220 Å². The Bertz CT molecular complexity index is 3010. The van der Waals surface area contributed by atoms with Gasteiger partial charge in [0.25, 0.3) is 0 Å². The lowest BCUT2D eigenvalue weighted by atomic mass is 9.52. The highest BCUT2D eigenvalue weighted by Gasteiger charge is 2.51. The topological polar surface area (TPSA) is 448 Å². The summed E-state index contributed by atoms with van der Waals surface area (Å²) < 4.78 is 5.58. The predicted octanol–water partition coefficient (Wildman–Crippen LogP) is 21.8. The first-order chi connectivity index (χ1) is 61.9. The van der Waals surface area contributed by atoms with Gasteiger partial charge in [-0.25, -0.2) is 0 Å². The summed E-state index contributed by atoms with van der Waals surface area (Å²) in [7, 11) is 0. The molecule has 14 rings (SSSR count). The van der Waals surface area contributed by atoms with Gasteiger partial charge >= 0.3 is 0 Å². The molecule has 0 aromatic rings. The molecule has 0 bridgehead atoms. The van der Waals surface area contributed by atoms with Gasteiger partial charge in [-0.05, 0) is 362 Å². The average molecular weight is 1920 g/mol. The summed E-state index contributed by atoms with van der Waals surface area (Å²) in [6.45, 7) is 85.7. The molecule has 14 fully saturated rings. The Balaban J connectivity index is 0.000000500. The maximum atomic E-state index is 7.20. The van der Waals surface area contributed by atoms with Crippen molar-refractivity contribution < 1.29 is 4.74 Å². The second-order valence-electron chi connectivity index (χ2n) is 58.8. The van der Waals surface area contributed by atoms with Crippen molar-refractivity contribution in [3.05, 3.63) is 0 Å². The van der Waals surface area contributed by atoms with E-state index in [4.69, 9.17) is 84.7 Å². The van der Waals surface area contributed by atoms with Crippen molar-refractivity contribution in [2.45, 2.75) is 514 Å². The number of nitrogens with two attached hydrogens (primary N) is 13. The number of rotatable bonds is 20. The minimum atomic E-state index is 0.229. The van der Waals surface area contributed by atoms with Crippen molar-refractivity contribution in [2.75, 3.05) is 59.0 Å². The van der Waals surface area contributed by atoms with Gasteiger partial charge < -0.3 is 100 Å². The number of nitrogens with one attached hydrogen (secondary N) is 4. The van der Waals surface area contributed by atoms with Crippen LogP contribution in [-0.2, 0) is 4.74 Å². The highest BCUT2D eigenvalue weighted by Crippen LogP contribution is 2.55. The van der Waals surface area contributed by atoms with Crippen LogP contribution in [0.25, 0.3) is 0 Å². The molecule has 22 heteroatoms. The molecule has 30 N–H and O–H groups in total. The molecule has 0 aromatic carbocycles. The summed E-state index contributed by atoms with van der Waals surface area (Å²) >= 11 is 0. The van der Waals surface area contributed by atoms with Crippen LogP contribution in [0.2, 0.25) is 0 Å². The van der Waals surface area contributed by atoms with Gasteiger partial charge in [0.05, 0.1) is 30.8 Å². The molecule has 4 aliphatic heterocycles. The molecule has 10 saturated carbocycles. The average Bonchev–Trinajstić information content (AvgIpc) is 0.744. The van der Waals surface area contributed by atoms with E-state index >= 15 is 0 Å². The number of ether oxygens (including phenoxy) is 1. The second-order valence-corrected chi connectivity index (χ2v) is 58.8. The Labute approximate surface area is 842 Å². The first-order valence-electron chi connectivity index (χ1n) is 55.6. The molecule has 4 heterocycles. The molecule has 14 aliphatic rings. The van der Waals surface area contributed by atoms with Crippen molar-refractivity contribution in [1.29, 1.82) is 5.41 Å². The molecule has 0 unspecified atom stereocenters. The molecule has 136 heavy (non-hydrogen) atoms. The van der Waals surface area contributed by atoms with Crippen LogP contribution < -0.4 is 90.5 Å².